The van der Waals surface area contributed by atoms with Crippen LogP contribution in [-0.2, 0) is 21.2 Å². The number of ether oxygens (including phenoxy) is 2. The summed E-state index contributed by atoms with van der Waals surface area (Å²) in [5.41, 5.74) is 0.438. The molecular weight excluding hydrogens is 342 g/mol. The summed E-state index contributed by atoms with van der Waals surface area (Å²) < 4.78 is 56.8. The van der Waals surface area contributed by atoms with Crippen molar-refractivity contribution in [2.75, 3.05) is 6.26 Å². The second-order valence-electron chi connectivity index (χ2n) is 4.86. The lowest BCUT2D eigenvalue weighted by atomic mass is 10.2. The predicted octanol–water partition coefficient (Wildman–Crippen LogP) is 3.05. The minimum Gasteiger partial charge on any atom is -0.457 e. The fourth-order valence-electron chi connectivity index (χ4n) is 1.90. The SMILES string of the molecule is CS(=O)(=O)c1ccc(C(=O)OCc2ccccc2OC(F)F)cc1. The van der Waals surface area contributed by atoms with Gasteiger partial charge in [0.2, 0.25) is 0 Å². The van der Waals surface area contributed by atoms with E-state index in [0.717, 1.165) is 6.26 Å². The molecular formula is C16H14F2O5S. The molecule has 0 heterocycles. The lowest BCUT2D eigenvalue weighted by molar-refractivity contribution is -0.0510. The molecule has 5 nitrogen and oxygen atoms in total. The zero-order valence-corrected chi connectivity index (χ0v) is 13.4. The van der Waals surface area contributed by atoms with Gasteiger partial charge in [-0.05, 0) is 30.3 Å². The topological polar surface area (TPSA) is 69.7 Å². The molecule has 2 aromatic carbocycles. The van der Waals surface area contributed by atoms with Gasteiger partial charge in [0, 0.05) is 11.8 Å². The van der Waals surface area contributed by atoms with Gasteiger partial charge in [-0.3, -0.25) is 0 Å². The Morgan fingerprint density at radius 3 is 2.29 bits per heavy atom. The Bertz CT molecular complexity index is 817. The first-order chi connectivity index (χ1) is 11.3. The van der Waals surface area contributed by atoms with Gasteiger partial charge in [0.25, 0.3) is 0 Å². The minimum absolute atomic E-state index is 0.0762. The van der Waals surface area contributed by atoms with Gasteiger partial charge in [0.1, 0.15) is 12.4 Å². The first-order valence-electron chi connectivity index (χ1n) is 6.77. The lowest BCUT2D eigenvalue weighted by Gasteiger charge is -2.11. The lowest BCUT2D eigenvalue weighted by Crippen LogP contribution is -2.08. The highest BCUT2D eigenvalue weighted by Crippen LogP contribution is 2.21. The van der Waals surface area contributed by atoms with Crippen LogP contribution in [0.3, 0.4) is 0 Å². The molecule has 0 aliphatic rings. The fraction of sp³-hybridized carbons (Fsp3) is 0.188. The summed E-state index contributed by atoms with van der Waals surface area (Å²) in [6.45, 7) is -3.24. The van der Waals surface area contributed by atoms with Crippen LogP contribution in [0.2, 0.25) is 0 Å². The molecule has 0 saturated carbocycles. The molecule has 24 heavy (non-hydrogen) atoms. The number of carbonyl (C=O) groups excluding carboxylic acids is 1. The van der Waals surface area contributed by atoms with E-state index in [-0.39, 0.29) is 22.8 Å². The van der Waals surface area contributed by atoms with Crippen LogP contribution in [0.1, 0.15) is 15.9 Å². The Kier molecular flexibility index (Phi) is 5.50. The van der Waals surface area contributed by atoms with Crippen molar-refractivity contribution in [2.24, 2.45) is 0 Å². The van der Waals surface area contributed by atoms with Crippen LogP contribution in [0, 0.1) is 0 Å². The van der Waals surface area contributed by atoms with E-state index in [1.54, 1.807) is 6.07 Å². The molecule has 0 fully saturated rings. The Morgan fingerprint density at radius 2 is 1.71 bits per heavy atom. The molecule has 0 amide bonds. The van der Waals surface area contributed by atoms with Crippen molar-refractivity contribution in [3.8, 4) is 5.75 Å². The zero-order chi connectivity index (χ0) is 17.7. The molecule has 0 spiro atoms. The van der Waals surface area contributed by atoms with E-state index in [1.807, 2.05) is 0 Å². The number of alkyl halides is 2. The number of rotatable bonds is 6. The molecule has 0 aromatic heterocycles. The second-order valence-corrected chi connectivity index (χ2v) is 6.87. The van der Waals surface area contributed by atoms with Crippen molar-refractivity contribution in [3.05, 3.63) is 59.7 Å². The summed E-state index contributed by atoms with van der Waals surface area (Å²) in [7, 11) is -3.36. The van der Waals surface area contributed by atoms with Crippen LogP contribution in [0.25, 0.3) is 0 Å². The maximum Gasteiger partial charge on any atom is 0.387 e. The smallest absolute Gasteiger partial charge is 0.387 e. The van der Waals surface area contributed by atoms with E-state index in [2.05, 4.69) is 4.74 Å². The number of hydrogen-bond donors (Lipinski definition) is 0. The summed E-state index contributed by atoms with van der Waals surface area (Å²) in [5, 5.41) is 0. The number of benzene rings is 2. The molecule has 0 aliphatic carbocycles. The number of carbonyl (C=O) groups is 1. The third kappa shape index (κ3) is 4.76. The van der Waals surface area contributed by atoms with Crippen molar-refractivity contribution >= 4 is 15.8 Å². The molecule has 0 bridgehead atoms. The Balaban J connectivity index is 2.06. The average molecular weight is 356 g/mol. The van der Waals surface area contributed by atoms with Gasteiger partial charge in [0.15, 0.2) is 9.84 Å². The van der Waals surface area contributed by atoms with Crippen LogP contribution in [0.15, 0.2) is 53.4 Å². The highest BCUT2D eigenvalue weighted by molar-refractivity contribution is 7.90. The largest absolute Gasteiger partial charge is 0.457 e. The maximum atomic E-state index is 12.3. The van der Waals surface area contributed by atoms with Gasteiger partial charge in [-0.25, -0.2) is 13.2 Å². The summed E-state index contributed by atoms with van der Waals surface area (Å²) >= 11 is 0. The van der Waals surface area contributed by atoms with E-state index >= 15 is 0 Å². The predicted molar refractivity (Wildman–Crippen MR) is 81.7 cm³/mol. The van der Waals surface area contributed by atoms with Crippen molar-refractivity contribution in [2.45, 2.75) is 18.1 Å². The Labute approximate surface area is 137 Å². The van der Waals surface area contributed by atoms with E-state index < -0.39 is 22.4 Å². The molecule has 0 atom stereocenters. The molecule has 0 radical (unpaired) electrons. The summed E-state index contributed by atoms with van der Waals surface area (Å²) in [4.78, 5) is 12.0. The minimum atomic E-state index is -3.36. The van der Waals surface area contributed by atoms with Gasteiger partial charge in [-0.1, -0.05) is 18.2 Å². The highest BCUT2D eigenvalue weighted by Gasteiger charge is 2.13. The first kappa shape index (κ1) is 17.9. The molecule has 0 unspecified atom stereocenters. The van der Waals surface area contributed by atoms with Crippen molar-refractivity contribution < 1.29 is 31.5 Å². The van der Waals surface area contributed by atoms with Gasteiger partial charge in [-0.15, -0.1) is 0 Å². The second kappa shape index (κ2) is 7.39. The zero-order valence-electron chi connectivity index (χ0n) is 12.6. The summed E-state index contributed by atoms with van der Waals surface area (Å²) in [6.07, 6.45) is 1.06. The fourth-order valence-corrected chi connectivity index (χ4v) is 2.53. The quantitative estimate of drug-likeness (QED) is 0.744. The monoisotopic (exact) mass is 356 g/mol. The third-order valence-electron chi connectivity index (χ3n) is 3.07. The normalized spacial score (nSPS) is 11.3. The Hall–Kier alpha value is -2.48. The standard InChI is InChI=1S/C16H14F2O5S/c1-24(20,21)13-8-6-11(7-9-13)15(19)22-10-12-4-2-3-5-14(12)23-16(17)18/h2-9,16H,10H2,1H3. The molecule has 2 aromatic rings. The van der Waals surface area contributed by atoms with Crippen molar-refractivity contribution in [1.29, 1.82) is 0 Å². The molecule has 0 N–H and O–H groups in total. The number of hydrogen-bond acceptors (Lipinski definition) is 5. The van der Waals surface area contributed by atoms with Crippen LogP contribution < -0.4 is 4.74 Å². The number of para-hydroxylation sites is 1. The average Bonchev–Trinajstić information content (AvgIpc) is 2.52. The van der Waals surface area contributed by atoms with E-state index in [4.69, 9.17) is 4.74 Å². The highest BCUT2D eigenvalue weighted by atomic mass is 32.2. The van der Waals surface area contributed by atoms with Crippen molar-refractivity contribution in [3.63, 3.8) is 0 Å². The number of halogens is 2. The van der Waals surface area contributed by atoms with E-state index in [0.29, 0.717) is 5.56 Å². The van der Waals surface area contributed by atoms with Crippen LogP contribution >= 0.6 is 0 Å². The molecule has 0 saturated heterocycles. The molecule has 8 heteroatoms. The number of sulfone groups is 1. The van der Waals surface area contributed by atoms with E-state index in [9.17, 15) is 22.0 Å². The van der Waals surface area contributed by atoms with Crippen LogP contribution in [0.5, 0.6) is 5.75 Å². The molecule has 2 rings (SSSR count). The van der Waals surface area contributed by atoms with E-state index in [1.165, 1.54) is 42.5 Å². The Morgan fingerprint density at radius 1 is 1.08 bits per heavy atom. The number of esters is 1. The van der Waals surface area contributed by atoms with Gasteiger partial charge < -0.3 is 9.47 Å². The van der Waals surface area contributed by atoms with Crippen LogP contribution in [0.4, 0.5) is 8.78 Å². The summed E-state index contributed by atoms with van der Waals surface area (Å²) in [5.74, 6) is -0.783. The van der Waals surface area contributed by atoms with Gasteiger partial charge in [-0.2, -0.15) is 8.78 Å². The van der Waals surface area contributed by atoms with Gasteiger partial charge in [0.05, 0.1) is 10.5 Å². The van der Waals surface area contributed by atoms with Crippen molar-refractivity contribution in [1.82, 2.24) is 0 Å². The van der Waals surface area contributed by atoms with Crippen LogP contribution in [-0.4, -0.2) is 27.3 Å². The van der Waals surface area contributed by atoms with Gasteiger partial charge >= 0.3 is 12.6 Å². The summed E-state index contributed by atoms with van der Waals surface area (Å²) in [6, 6.07) is 11.2. The molecule has 0 aliphatic heterocycles. The molecule has 128 valence electrons. The third-order valence-corrected chi connectivity index (χ3v) is 4.19. The first-order valence-corrected chi connectivity index (χ1v) is 8.66. The maximum absolute atomic E-state index is 12.3.